The Bertz CT molecular complexity index is 947. The Kier molecular flexibility index (Phi) is 4.53. The Balaban J connectivity index is 1.40. The number of hydrogen-bond acceptors (Lipinski definition) is 5. The molecule has 3 aromatic rings. The number of benzene rings is 1. The number of rotatable bonds is 3. The van der Waals surface area contributed by atoms with Crippen LogP contribution in [0.1, 0.15) is 16.1 Å². The molecule has 7 nitrogen and oxygen atoms in total. The molecule has 1 fully saturated rings. The van der Waals surface area contributed by atoms with Crippen LogP contribution in [0.3, 0.4) is 0 Å². The van der Waals surface area contributed by atoms with Gasteiger partial charge in [0.25, 0.3) is 5.91 Å². The van der Waals surface area contributed by atoms with Gasteiger partial charge in [-0.05, 0) is 37.3 Å². The number of amides is 1. The molecular formula is C19H19FN6O. The normalized spacial score (nSPS) is 14.4. The molecule has 0 aliphatic carbocycles. The summed E-state index contributed by atoms with van der Waals surface area (Å²) < 4.78 is 15.5. The van der Waals surface area contributed by atoms with Crippen molar-refractivity contribution in [1.82, 2.24) is 24.9 Å². The maximum atomic E-state index is 13.8. The van der Waals surface area contributed by atoms with Gasteiger partial charge in [0.15, 0.2) is 11.6 Å². The molecule has 27 heavy (non-hydrogen) atoms. The van der Waals surface area contributed by atoms with E-state index in [-0.39, 0.29) is 11.5 Å². The summed E-state index contributed by atoms with van der Waals surface area (Å²) in [5.41, 5.74) is 1.03. The van der Waals surface area contributed by atoms with Crippen LogP contribution in [0.5, 0.6) is 0 Å². The lowest BCUT2D eigenvalue weighted by Crippen LogP contribution is -2.49. The predicted molar refractivity (Wildman–Crippen MR) is 98.4 cm³/mol. The average molecular weight is 366 g/mol. The van der Waals surface area contributed by atoms with E-state index in [1.165, 1.54) is 12.1 Å². The van der Waals surface area contributed by atoms with Crippen molar-refractivity contribution < 1.29 is 9.18 Å². The number of halogens is 1. The Labute approximate surface area is 156 Å². The molecule has 1 aliphatic heterocycles. The van der Waals surface area contributed by atoms with Gasteiger partial charge in [-0.25, -0.2) is 9.07 Å². The van der Waals surface area contributed by atoms with Crippen molar-refractivity contribution in [1.29, 1.82) is 0 Å². The first kappa shape index (κ1) is 17.1. The summed E-state index contributed by atoms with van der Waals surface area (Å²) in [5.74, 6) is 0.643. The quantitative estimate of drug-likeness (QED) is 0.710. The highest BCUT2D eigenvalue weighted by Crippen LogP contribution is 2.16. The zero-order valence-corrected chi connectivity index (χ0v) is 14.9. The maximum Gasteiger partial charge on any atom is 0.256 e. The Morgan fingerprint density at radius 3 is 2.30 bits per heavy atom. The summed E-state index contributed by atoms with van der Waals surface area (Å²) >= 11 is 0. The highest BCUT2D eigenvalue weighted by molar-refractivity contribution is 5.94. The van der Waals surface area contributed by atoms with Gasteiger partial charge >= 0.3 is 0 Å². The molecule has 0 spiro atoms. The van der Waals surface area contributed by atoms with Crippen LogP contribution in [0.2, 0.25) is 0 Å². The van der Waals surface area contributed by atoms with Gasteiger partial charge < -0.3 is 9.80 Å². The molecule has 138 valence electrons. The summed E-state index contributed by atoms with van der Waals surface area (Å²) in [7, 11) is 0. The van der Waals surface area contributed by atoms with E-state index in [1.54, 1.807) is 21.7 Å². The zero-order valence-electron chi connectivity index (χ0n) is 14.9. The molecule has 3 heterocycles. The molecule has 8 heteroatoms. The van der Waals surface area contributed by atoms with Crippen molar-refractivity contribution in [3.63, 3.8) is 0 Å². The minimum atomic E-state index is -0.486. The molecule has 2 aromatic heterocycles. The van der Waals surface area contributed by atoms with Gasteiger partial charge in [-0.1, -0.05) is 12.1 Å². The lowest BCUT2D eigenvalue weighted by molar-refractivity contribution is 0.0742. The van der Waals surface area contributed by atoms with Crippen LogP contribution < -0.4 is 4.90 Å². The van der Waals surface area contributed by atoms with E-state index in [2.05, 4.69) is 20.2 Å². The van der Waals surface area contributed by atoms with E-state index >= 15 is 0 Å². The summed E-state index contributed by atoms with van der Waals surface area (Å²) in [6, 6.07) is 11.7. The number of aryl methyl sites for hydroxylation is 1. The highest BCUT2D eigenvalue weighted by atomic mass is 19.1. The molecule has 1 aliphatic rings. The minimum Gasteiger partial charge on any atom is -0.352 e. The van der Waals surface area contributed by atoms with Crippen molar-refractivity contribution in [3.05, 3.63) is 65.7 Å². The highest BCUT2D eigenvalue weighted by Gasteiger charge is 2.24. The fourth-order valence-corrected chi connectivity index (χ4v) is 3.10. The molecule has 0 radical (unpaired) electrons. The van der Waals surface area contributed by atoms with Crippen molar-refractivity contribution in [2.24, 2.45) is 0 Å². The third kappa shape index (κ3) is 3.51. The Morgan fingerprint density at radius 1 is 0.963 bits per heavy atom. The summed E-state index contributed by atoms with van der Waals surface area (Å²) in [6.45, 7) is 4.18. The van der Waals surface area contributed by atoms with E-state index in [0.717, 1.165) is 11.5 Å². The second-order valence-electron chi connectivity index (χ2n) is 6.41. The van der Waals surface area contributed by atoms with Gasteiger partial charge in [0, 0.05) is 32.4 Å². The summed E-state index contributed by atoms with van der Waals surface area (Å²) in [6.07, 6.45) is 1.84. The van der Waals surface area contributed by atoms with Crippen LogP contribution >= 0.6 is 0 Å². The number of carbonyl (C=O) groups is 1. The molecule has 0 atom stereocenters. The number of carbonyl (C=O) groups excluding carboxylic acids is 1. The van der Waals surface area contributed by atoms with Crippen molar-refractivity contribution >= 4 is 11.7 Å². The van der Waals surface area contributed by atoms with Crippen LogP contribution in [-0.4, -0.2) is 57.0 Å². The van der Waals surface area contributed by atoms with Gasteiger partial charge in [0.2, 0.25) is 0 Å². The van der Waals surface area contributed by atoms with Crippen molar-refractivity contribution in [3.8, 4) is 5.82 Å². The van der Waals surface area contributed by atoms with Crippen molar-refractivity contribution in [2.75, 3.05) is 31.1 Å². The standard InChI is InChI=1S/C19H19FN6O/c1-14-8-9-26(23-14)18-7-6-17(21-22-18)24-10-12-25(13-11-24)19(27)15-4-2-3-5-16(15)20/h2-9H,10-13H2,1H3. The monoisotopic (exact) mass is 366 g/mol. The third-order valence-electron chi connectivity index (χ3n) is 4.59. The van der Waals surface area contributed by atoms with E-state index in [0.29, 0.717) is 32.0 Å². The van der Waals surface area contributed by atoms with Gasteiger partial charge in [-0.15, -0.1) is 10.2 Å². The smallest absolute Gasteiger partial charge is 0.256 e. The van der Waals surface area contributed by atoms with Gasteiger partial charge in [0.05, 0.1) is 11.3 Å². The number of aromatic nitrogens is 4. The SMILES string of the molecule is Cc1ccn(-c2ccc(N3CCN(C(=O)c4ccccc4F)CC3)nn2)n1. The predicted octanol–water partition coefficient (Wildman–Crippen LogP) is 2.07. The second-order valence-corrected chi connectivity index (χ2v) is 6.41. The van der Waals surface area contributed by atoms with Crippen LogP contribution in [-0.2, 0) is 0 Å². The van der Waals surface area contributed by atoms with Crippen LogP contribution in [0.15, 0.2) is 48.7 Å². The third-order valence-corrected chi connectivity index (χ3v) is 4.59. The van der Waals surface area contributed by atoms with Gasteiger partial charge in [-0.3, -0.25) is 4.79 Å². The van der Waals surface area contributed by atoms with Gasteiger partial charge in [0.1, 0.15) is 5.82 Å². The lowest BCUT2D eigenvalue weighted by atomic mass is 10.1. The number of piperazine rings is 1. The average Bonchev–Trinajstić information content (AvgIpc) is 3.14. The molecule has 1 saturated heterocycles. The minimum absolute atomic E-state index is 0.115. The summed E-state index contributed by atoms with van der Waals surface area (Å²) in [5, 5.41) is 12.8. The molecule has 4 rings (SSSR count). The first-order valence-electron chi connectivity index (χ1n) is 8.77. The fourth-order valence-electron chi connectivity index (χ4n) is 3.10. The zero-order chi connectivity index (χ0) is 18.8. The molecule has 1 aromatic carbocycles. The Hall–Kier alpha value is -3.29. The number of hydrogen-bond donors (Lipinski definition) is 0. The lowest BCUT2D eigenvalue weighted by Gasteiger charge is -2.35. The fraction of sp³-hybridized carbons (Fsp3) is 0.263. The van der Waals surface area contributed by atoms with E-state index in [4.69, 9.17) is 0 Å². The van der Waals surface area contributed by atoms with Gasteiger partial charge in [-0.2, -0.15) is 5.10 Å². The van der Waals surface area contributed by atoms with E-state index in [1.807, 2.05) is 31.3 Å². The number of anilines is 1. The van der Waals surface area contributed by atoms with E-state index < -0.39 is 5.82 Å². The molecule has 0 N–H and O–H groups in total. The van der Waals surface area contributed by atoms with Crippen LogP contribution in [0.4, 0.5) is 10.2 Å². The van der Waals surface area contributed by atoms with Crippen molar-refractivity contribution in [2.45, 2.75) is 6.92 Å². The first-order valence-corrected chi connectivity index (χ1v) is 8.77. The maximum absolute atomic E-state index is 13.8. The molecular weight excluding hydrogens is 347 g/mol. The molecule has 0 saturated carbocycles. The Morgan fingerprint density at radius 2 is 1.67 bits per heavy atom. The topological polar surface area (TPSA) is 67.2 Å². The summed E-state index contributed by atoms with van der Waals surface area (Å²) in [4.78, 5) is 16.2. The largest absolute Gasteiger partial charge is 0.352 e. The second kappa shape index (κ2) is 7.14. The van der Waals surface area contributed by atoms with E-state index in [9.17, 15) is 9.18 Å². The van der Waals surface area contributed by atoms with Crippen LogP contribution in [0.25, 0.3) is 5.82 Å². The molecule has 0 unspecified atom stereocenters. The first-order chi connectivity index (χ1) is 13.1. The molecule has 1 amide bonds. The number of nitrogens with zero attached hydrogens (tertiary/aromatic N) is 6. The molecule has 0 bridgehead atoms. The van der Waals surface area contributed by atoms with Crippen LogP contribution in [0, 0.1) is 12.7 Å².